The first-order chi connectivity index (χ1) is 12.0. The molecule has 0 unspecified atom stereocenters. The van der Waals surface area contributed by atoms with Gasteiger partial charge in [0.25, 0.3) is 5.91 Å². The Bertz CT molecular complexity index is 697. The normalized spacial score (nSPS) is 16.8. The molecular formula is C21H28N2O2. The Balaban J connectivity index is 1.68. The maximum absolute atomic E-state index is 12.2. The molecule has 25 heavy (non-hydrogen) atoms. The highest BCUT2D eigenvalue weighted by molar-refractivity contribution is 5.93. The van der Waals surface area contributed by atoms with Gasteiger partial charge in [0.2, 0.25) is 0 Å². The monoisotopic (exact) mass is 340 g/mol. The molecule has 0 radical (unpaired) electrons. The molecule has 1 saturated carbocycles. The molecule has 1 aromatic carbocycles. The molecule has 0 aliphatic heterocycles. The minimum absolute atomic E-state index is 0.0995. The van der Waals surface area contributed by atoms with E-state index in [1.807, 2.05) is 6.92 Å². The van der Waals surface area contributed by atoms with Crippen molar-refractivity contribution in [2.75, 3.05) is 0 Å². The van der Waals surface area contributed by atoms with Crippen LogP contribution in [-0.2, 0) is 0 Å². The first-order valence-electron chi connectivity index (χ1n) is 9.42. The molecule has 1 atom stereocenters. The molecule has 1 amide bonds. The average Bonchev–Trinajstić information content (AvgIpc) is 3.13. The van der Waals surface area contributed by atoms with Crippen LogP contribution in [-0.4, -0.2) is 17.1 Å². The SMILES string of the molecule is CC(C)[C@@H](C)NC(=O)c1cc(-c2ccc(C3CCCCC3)cc2)on1. The fourth-order valence-electron chi connectivity index (χ4n) is 3.32. The summed E-state index contributed by atoms with van der Waals surface area (Å²) in [5, 5.41) is 6.88. The first kappa shape index (κ1) is 17.7. The van der Waals surface area contributed by atoms with Crippen LogP contribution < -0.4 is 5.32 Å². The van der Waals surface area contributed by atoms with Crippen molar-refractivity contribution in [1.29, 1.82) is 0 Å². The van der Waals surface area contributed by atoms with Gasteiger partial charge < -0.3 is 9.84 Å². The third-order valence-electron chi connectivity index (χ3n) is 5.37. The van der Waals surface area contributed by atoms with Gasteiger partial charge in [-0.05, 0) is 37.2 Å². The summed E-state index contributed by atoms with van der Waals surface area (Å²) in [5.74, 6) is 1.52. The highest BCUT2D eigenvalue weighted by atomic mass is 16.5. The minimum atomic E-state index is -0.185. The van der Waals surface area contributed by atoms with Gasteiger partial charge >= 0.3 is 0 Å². The zero-order valence-electron chi connectivity index (χ0n) is 15.4. The van der Waals surface area contributed by atoms with Crippen LogP contribution in [0.1, 0.15) is 74.8 Å². The summed E-state index contributed by atoms with van der Waals surface area (Å²) in [6.45, 7) is 6.15. The van der Waals surface area contributed by atoms with Gasteiger partial charge in [-0.1, -0.05) is 62.5 Å². The number of carbonyl (C=O) groups excluding carboxylic acids is 1. The molecule has 1 fully saturated rings. The third-order valence-corrected chi connectivity index (χ3v) is 5.37. The number of aromatic nitrogens is 1. The quantitative estimate of drug-likeness (QED) is 0.817. The molecule has 1 heterocycles. The smallest absolute Gasteiger partial charge is 0.273 e. The Morgan fingerprint density at radius 1 is 1.12 bits per heavy atom. The lowest BCUT2D eigenvalue weighted by molar-refractivity contribution is 0.0921. The highest BCUT2D eigenvalue weighted by Gasteiger charge is 2.18. The Morgan fingerprint density at radius 2 is 1.80 bits per heavy atom. The lowest BCUT2D eigenvalue weighted by atomic mass is 9.84. The highest BCUT2D eigenvalue weighted by Crippen LogP contribution is 2.33. The van der Waals surface area contributed by atoms with Gasteiger partial charge in [-0.25, -0.2) is 0 Å². The Labute approximate surface area is 150 Å². The van der Waals surface area contributed by atoms with Crippen molar-refractivity contribution in [3.05, 3.63) is 41.6 Å². The van der Waals surface area contributed by atoms with Gasteiger partial charge in [0.05, 0.1) is 0 Å². The average molecular weight is 340 g/mol. The van der Waals surface area contributed by atoms with E-state index in [9.17, 15) is 4.79 Å². The summed E-state index contributed by atoms with van der Waals surface area (Å²) in [6.07, 6.45) is 6.62. The standard InChI is InChI=1S/C21H28N2O2/c1-14(2)15(3)22-21(24)19-13-20(25-23-19)18-11-9-17(10-12-18)16-7-5-4-6-8-16/h9-16H,4-8H2,1-3H3,(H,22,24)/t15-/m1/s1. The second-order valence-electron chi connectivity index (χ2n) is 7.54. The van der Waals surface area contributed by atoms with E-state index in [4.69, 9.17) is 4.52 Å². The number of carbonyl (C=O) groups is 1. The van der Waals surface area contributed by atoms with E-state index in [2.05, 4.69) is 48.6 Å². The number of amides is 1. The predicted molar refractivity (Wildman–Crippen MR) is 99.5 cm³/mol. The van der Waals surface area contributed by atoms with Gasteiger partial charge in [0.15, 0.2) is 11.5 Å². The fraction of sp³-hybridized carbons (Fsp3) is 0.524. The Hall–Kier alpha value is -2.10. The van der Waals surface area contributed by atoms with Crippen LogP contribution in [0.25, 0.3) is 11.3 Å². The molecule has 0 bridgehead atoms. The molecule has 4 nitrogen and oxygen atoms in total. The minimum Gasteiger partial charge on any atom is -0.355 e. The number of benzene rings is 1. The van der Waals surface area contributed by atoms with Gasteiger partial charge in [-0.2, -0.15) is 0 Å². The third kappa shape index (κ3) is 4.30. The van der Waals surface area contributed by atoms with Crippen LogP contribution in [0.5, 0.6) is 0 Å². The van der Waals surface area contributed by atoms with E-state index in [0.29, 0.717) is 23.3 Å². The Morgan fingerprint density at radius 3 is 2.44 bits per heavy atom. The number of nitrogens with zero attached hydrogens (tertiary/aromatic N) is 1. The lowest BCUT2D eigenvalue weighted by Gasteiger charge is -2.21. The van der Waals surface area contributed by atoms with E-state index < -0.39 is 0 Å². The maximum Gasteiger partial charge on any atom is 0.273 e. The fourth-order valence-corrected chi connectivity index (χ4v) is 3.32. The van der Waals surface area contributed by atoms with Crippen molar-refractivity contribution >= 4 is 5.91 Å². The van der Waals surface area contributed by atoms with Crippen molar-refractivity contribution in [2.45, 2.75) is 64.8 Å². The largest absolute Gasteiger partial charge is 0.355 e. The van der Waals surface area contributed by atoms with Crippen molar-refractivity contribution in [3.63, 3.8) is 0 Å². The predicted octanol–water partition coefficient (Wildman–Crippen LogP) is 5.16. The summed E-state index contributed by atoms with van der Waals surface area (Å²) >= 11 is 0. The van der Waals surface area contributed by atoms with Gasteiger partial charge in [-0.3, -0.25) is 4.79 Å². The summed E-state index contributed by atoms with van der Waals surface area (Å²) in [6, 6.07) is 10.3. The second kappa shape index (κ2) is 7.85. The number of hydrogen-bond donors (Lipinski definition) is 1. The zero-order chi connectivity index (χ0) is 17.8. The van der Waals surface area contributed by atoms with E-state index in [-0.39, 0.29) is 11.9 Å². The molecule has 1 aliphatic carbocycles. The Kier molecular flexibility index (Phi) is 5.57. The first-order valence-corrected chi connectivity index (χ1v) is 9.42. The van der Waals surface area contributed by atoms with Crippen LogP contribution in [0.2, 0.25) is 0 Å². The molecule has 1 aromatic heterocycles. The van der Waals surface area contributed by atoms with E-state index >= 15 is 0 Å². The molecule has 4 heteroatoms. The molecule has 0 saturated heterocycles. The van der Waals surface area contributed by atoms with E-state index in [0.717, 1.165) is 5.56 Å². The lowest BCUT2D eigenvalue weighted by Crippen LogP contribution is -2.36. The summed E-state index contributed by atoms with van der Waals surface area (Å²) in [4.78, 5) is 12.2. The van der Waals surface area contributed by atoms with Gasteiger partial charge in [0.1, 0.15) is 0 Å². The van der Waals surface area contributed by atoms with Crippen molar-refractivity contribution in [2.24, 2.45) is 5.92 Å². The topological polar surface area (TPSA) is 55.1 Å². The second-order valence-corrected chi connectivity index (χ2v) is 7.54. The molecule has 0 spiro atoms. The summed E-state index contributed by atoms with van der Waals surface area (Å²) < 4.78 is 5.39. The van der Waals surface area contributed by atoms with Crippen molar-refractivity contribution in [1.82, 2.24) is 10.5 Å². The molecule has 134 valence electrons. The molecule has 1 aliphatic rings. The van der Waals surface area contributed by atoms with Gasteiger partial charge in [-0.15, -0.1) is 0 Å². The van der Waals surface area contributed by atoms with Crippen LogP contribution in [0.4, 0.5) is 0 Å². The molecule has 3 rings (SSSR count). The summed E-state index contributed by atoms with van der Waals surface area (Å²) in [5.41, 5.74) is 2.70. The zero-order valence-corrected chi connectivity index (χ0v) is 15.4. The van der Waals surface area contributed by atoms with Crippen molar-refractivity contribution < 1.29 is 9.32 Å². The van der Waals surface area contributed by atoms with Crippen LogP contribution in [0.15, 0.2) is 34.9 Å². The van der Waals surface area contributed by atoms with E-state index in [1.165, 1.54) is 37.7 Å². The van der Waals surface area contributed by atoms with E-state index in [1.54, 1.807) is 6.07 Å². The number of hydrogen-bond acceptors (Lipinski definition) is 3. The maximum atomic E-state index is 12.2. The molecule has 2 aromatic rings. The summed E-state index contributed by atoms with van der Waals surface area (Å²) in [7, 11) is 0. The molecular weight excluding hydrogens is 312 g/mol. The number of rotatable bonds is 5. The van der Waals surface area contributed by atoms with Gasteiger partial charge in [0, 0.05) is 17.7 Å². The van der Waals surface area contributed by atoms with Crippen LogP contribution in [0.3, 0.4) is 0 Å². The van der Waals surface area contributed by atoms with Crippen LogP contribution >= 0.6 is 0 Å². The molecule has 1 N–H and O–H groups in total. The van der Waals surface area contributed by atoms with Crippen LogP contribution in [0, 0.1) is 5.92 Å². The van der Waals surface area contributed by atoms with Crippen molar-refractivity contribution in [3.8, 4) is 11.3 Å². The number of nitrogens with one attached hydrogen (secondary N) is 1.